The molecule has 0 saturated heterocycles. The lowest BCUT2D eigenvalue weighted by molar-refractivity contribution is 0.354. The smallest absolute Gasteiger partial charge is 0.161 e. The van der Waals surface area contributed by atoms with Crippen molar-refractivity contribution in [3.8, 4) is 22.8 Å². The fourth-order valence-electron chi connectivity index (χ4n) is 3.80. The van der Waals surface area contributed by atoms with Gasteiger partial charge in [0.2, 0.25) is 0 Å². The number of para-hydroxylation sites is 2. The highest BCUT2D eigenvalue weighted by molar-refractivity contribution is 9.10. The van der Waals surface area contributed by atoms with Gasteiger partial charge in [-0.15, -0.1) is 0 Å². The van der Waals surface area contributed by atoms with Gasteiger partial charge in [0.25, 0.3) is 0 Å². The third-order valence-electron chi connectivity index (χ3n) is 5.47. The highest BCUT2D eigenvalue weighted by Gasteiger charge is 2.16. The topological polar surface area (TPSA) is 56.3 Å². The van der Waals surface area contributed by atoms with Crippen molar-refractivity contribution in [3.05, 3.63) is 82.0 Å². The molecule has 0 aliphatic carbocycles. The molecule has 32 heavy (non-hydrogen) atoms. The summed E-state index contributed by atoms with van der Waals surface area (Å²) in [5.74, 6) is 1.45. The van der Waals surface area contributed by atoms with Crippen LogP contribution < -0.4 is 14.8 Å². The fraction of sp³-hybridized carbons (Fsp3) is 0.231. The Morgan fingerprint density at radius 3 is 2.09 bits per heavy atom. The normalized spacial score (nSPS) is 11.0. The number of benzene rings is 3. The predicted octanol–water partition coefficient (Wildman–Crippen LogP) is 5.43. The van der Waals surface area contributed by atoms with Crippen LogP contribution in [0.25, 0.3) is 22.3 Å². The van der Waals surface area contributed by atoms with E-state index in [1.165, 1.54) is 5.56 Å². The molecule has 1 heterocycles. The maximum atomic E-state index is 5.59. The number of rotatable bonds is 8. The molecule has 0 saturated carbocycles. The van der Waals surface area contributed by atoms with E-state index in [0.29, 0.717) is 6.42 Å². The summed E-state index contributed by atoms with van der Waals surface area (Å²) in [5.41, 5.74) is 7.00. The summed E-state index contributed by atoms with van der Waals surface area (Å²) in [4.78, 5) is 10.0. The molecule has 6 heteroatoms. The molecule has 4 aromatic rings. The number of methoxy groups -OCH3 is 2. The zero-order valence-electron chi connectivity index (χ0n) is 18.5. The number of ether oxygens (including phenoxy) is 2. The second kappa shape index (κ2) is 10.1. The van der Waals surface area contributed by atoms with Crippen molar-refractivity contribution in [1.82, 2.24) is 15.3 Å². The Morgan fingerprint density at radius 2 is 1.47 bits per heavy atom. The molecule has 0 unspecified atom stereocenters. The van der Waals surface area contributed by atoms with Crippen LogP contribution in [0.2, 0.25) is 0 Å². The summed E-state index contributed by atoms with van der Waals surface area (Å²) in [6, 6.07) is 20.3. The van der Waals surface area contributed by atoms with Crippen molar-refractivity contribution in [3.63, 3.8) is 0 Å². The van der Waals surface area contributed by atoms with E-state index >= 15 is 0 Å². The van der Waals surface area contributed by atoms with Gasteiger partial charge in [0.15, 0.2) is 11.5 Å². The number of nitrogens with zero attached hydrogens (tertiary/aromatic N) is 2. The second-order valence-electron chi connectivity index (χ2n) is 7.52. The van der Waals surface area contributed by atoms with Gasteiger partial charge in [-0.1, -0.05) is 40.2 Å². The van der Waals surface area contributed by atoms with Crippen LogP contribution in [-0.4, -0.2) is 37.8 Å². The molecule has 164 valence electrons. The van der Waals surface area contributed by atoms with Crippen LogP contribution in [0.15, 0.2) is 65.1 Å². The van der Waals surface area contributed by atoms with Crippen molar-refractivity contribution >= 4 is 27.0 Å². The number of aromatic nitrogens is 2. The van der Waals surface area contributed by atoms with Gasteiger partial charge in [0.05, 0.1) is 36.6 Å². The number of hydrogen-bond acceptors (Lipinski definition) is 5. The first-order valence-electron chi connectivity index (χ1n) is 10.5. The summed E-state index contributed by atoms with van der Waals surface area (Å²) in [6.45, 7) is 0.867. The van der Waals surface area contributed by atoms with E-state index in [-0.39, 0.29) is 0 Å². The lowest BCUT2D eigenvalue weighted by Crippen LogP contribution is -2.12. The Morgan fingerprint density at radius 1 is 0.844 bits per heavy atom. The van der Waals surface area contributed by atoms with Crippen molar-refractivity contribution in [1.29, 1.82) is 0 Å². The van der Waals surface area contributed by atoms with Gasteiger partial charge in [0.1, 0.15) is 0 Å². The Labute approximate surface area is 197 Å². The van der Waals surface area contributed by atoms with Crippen molar-refractivity contribution in [2.45, 2.75) is 12.8 Å². The minimum atomic E-state index is 0.642. The standard InChI is InChI=1S/C26H26BrN3O2/c1-28-13-12-18-15-24(31-2)25(32-3)16-19(18)14-23-26(17-8-10-20(27)11-9-17)30-22-7-5-4-6-21(22)29-23/h4-11,15-16,28H,12-14H2,1-3H3. The maximum absolute atomic E-state index is 5.59. The van der Waals surface area contributed by atoms with Crippen LogP contribution in [0.4, 0.5) is 0 Å². The SMILES string of the molecule is CNCCc1cc(OC)c(OC)cc1Cc1nc2ccccc2nc1-c1ccc(Br)cc1. The molecule has 1 N–H and O–H groups in total. The third-order valence-corrected chi connectivity index (χ3v) is 6.00. The zero-order chi connectivity index (χ0) is 22.5. The first-order chi connectivity index (χ1) is 15.6. The van der Waals surface area contributed by atoms with Crippen molar-refractivity contribution in [2.24, 2.45) is 0 Å². The molecule has 0 spiro atoms. The van der Waals surface area contributed by atoms with Crippen LogP contribution >= 0.6 is 15.9 Å². The molecular formula is C26H26BrN3O2. The first-order valence-corrected chi connectivity index (χ1v) is 11.3. The zero-order valence-corrected chi connectivity index (χ0v) is 20.1. The average molecular weight is 492 g/mol. The van der Waals surface area contributed by atoms with Crippen LogP contribution in [-0.2, 0) is 12.8 Å². The molecule has 0 radical (unpaired) electrons. The molecule has 0 bridgehead atoms. The van der Waals surface area contributed by atoms with E-state index in [4.69, 9.17) is 19.4 Å². The number of likely N-dealkylation sites (N-methyl/N-ethyl adjacent to an activating group) is 1. The minimum absolute atomic E-state index is 0.642. The largest absolute Gasteiger partial charge is 0.493 e. The van der Waals surface area contributed by atoms with Crippen LogP contribution in [0, 0.1) is 0 Å². The van der Waals surface area contributed by atoms with Crippen LogP contribution in [0.1, 0.15) is 16.8 Å². The molecule has 0 atom stereocenters. The lowest BCUT2D eigenvalue weighted by Gasteiger charge is -2.16. The molecular weight excluding hydrogens is 466 g/mol. The average Bonchev–Trinajstić information content (AvgIpc) is 2.83. The summed E-state index contributed by atoms with van der Waals surface area (Å²) in [7, 11) is 5.29. The monoisotopic (exact) mass is 491 g/mol. The Hall–Kier alpha value is -2.96. The second-order valence-corrected chi connectivity index (χ2v) is 8.44. The van der Waals surface area contributed by atoms with Crippen molar-refractivity contribution < 1.29 is 9.47 Å². The van der Waals surface area contributed by atoms with Gasteiger partial charge < -0.3 is 14.8 Å². The molecule has 3 aromatic carbocycles. The number of hydrogen-bond donors (Lipinski definition) is 1. The van der Waals surface area contributed by atoms with E-state index in [1.807, 2.05) is 43.4 Å². The van der Waals surface area contributed by atoms with E-state index < -0.39 is 0 Å². The molecule has 4 rings (SSSR count). The Kier molecular flexibility index (Phi) is 7.02. The molecule has 0 fully saturated rings. The highest BCUT2D eigenvalue weighted by atomic mass is 79.9. The number of nitrogens with one attached hydrogen (secondary N) is 1. The van der Waals surface area contributed by atoms with Gasteiger partial charge in [-0.25, -0.2) is 9.97 Å². The van der Waals surface area contributed by atoms with E-state index in [9.17, 15) is 0 Å². The van der Waals surface area contributed by atoms with Gasteiger partial charge in [0, 0.05) is 16.5 Å². The third kappa shape index (κ3) is 4.76. The summed E-state index contributed by atoms with van der Waals surface area (Å²) in [5, 5.41) is 3.24. The summed E-state index contributed by atoms with van der Waals surface area (Å²) in [6.07, 6.45) is 1.52. The van der Waals surface area contributed by atoms with Gasteiger partial charge in [-0.05, 0) is 67.5 Å². The van der Waals surface area contributed by atoms with Gasteiger partial charge >= 0.3 is 0 Å². The van der Waals surface area contributed by atoms with Crippen LogP contribution in [0.3, 0.4) is 0 Å². The molecule has 0 aliphatic rings. The Bertz CT molecular complexity index is 1230. The van der Waals surface area contributed by atoms with Gasteiger partial charge in [-0.2, -0.15) is 0 Å². The lowest BCUT2D eigenvalue weighted by atomic mass is 9.96. The molecule has 0 aliphatic heterocycles. The maximum Gasteiger partial charge on any atom is 0.161 e. The fourth-order valence-corrected chi connectivity index (χ4v) is 4.06. The number of halogens is 1. The predicted molar refractivity (Wildman–Crippen MR) is 133 cm³/mol. The van der Waals surface area contributed by atoms with E-state index in [2.05, 4.69) is 45.5 Å². The molecule has 1 aromatic heterocycles. The summed E-state index contributed by atoms with van der Waals surface area (Å²) >= 11 is 3.53. The number of fused-ring (bicyclic) bond motifs is 1. The van der Waals surface area contributed by atoms with Crippen molar-refractivity contribution in [2.75, 3.05) is 27.8 Å². The van der Waals surface area contributed by atoms with Gasteiger partial charge in [-0.3, -0.25) is 0 Å². The quantitative estimate of drug-likeness (QED) is 0.356. The minimum Gasteiger partial charge on any atom is -0.493 e. The molecule has 0 amide bonds. The molecule has 5 nitrogen and oxygen atoms in total. The van der Waals surface area contributed by atoms with E-state index in [1.54, 1.807) is 14.2 Å². The highest BCUT2D eigenvalue weighted by Crippen LogP contribution is 2.33. The first kappa shape index (κ1) is 22.2. The van der Waals surface area contributed by atoms with Crippen LogP contribution in [0.5, 0.6) is 11.5 Å². The summed E-state index contributed by atoms with van der Waals surface area (Å²) < 4.78 is 12.2. The Balaban J connectivity index is 1.86. The van der Waals surface area contributed by atoms with E-state index in [0.717, 1.165) is 62.5 Å².